The number of nitrogens with one attached hydrogen (secondary N) is 1. The van der Waals surface area contributed by atoms with Crippen LogP contribution in [0.1, 0.15) is 12.8 Å². The molecule has 0 aliphatic heterocycles. The molecule has 3 nitrogen and oxygen atoms in total. The molecule has 0 spiro atoms. The van der Waals surface area contributed by atoms with Crippen LogP contribution >= 0.6 is 0 Å². The number of hydrogen-bond acceptors (Lipinski definition) is 2. The molecule has 1 N–H and O–H groups in total. The maximum Gasteiger partial charge on any atom is 0.251 e. The van der Waals surface area contributed by atoms with E-state index < -0.39 is 0 Å². The normalized spacial score (nSPS) is 16.1. The highest BCUT2D eigenvalue weighted by molar-refractivity contribution is 5.37. The molecule has 64 valence electrons. The number of hydrogen-bond donors (Lipinski definition) is 1. The summed E-state index contributed by atoms with van der Waals surface area (Å²) in [5.41, 5.74) is 0.0423. The van der Waals surface area contributed by atoms with Gasteiger partial charge in [0.2, 0.25) is 0 Å². The summed E-state index contributed by atoms with van der Waals surface area (Å²) in [5.74, 6) is 0.921. The Morgan fingerprint density at radius 3 is 2.92 bits per heavy atom. The van der Waals surface area contributed by atoms with Crippen LogP contribution in [0, 0.1) is 0 Å². The van der Waals surface area contributed by atoms with E-state index in [1.807, 2.05) is 6.07 Å². The van der Waals surface area contributed by atoms with Gasteiger partial charge in [-0.3, -0.25) is 9.36 Å². The van der Waals surface area contributed by atoms with Crippen LogP contribution in [0.3, 0.4) is 0 Å². The Hall–Kier alpha value is -1.25. The predicted molar refractivity (Wildman–Crippen MR) is 48.3 cm³/mol. The first kappa shape index (κ1) is 7.40. The van der Waals surface area contributed by atoms with E-state index in [2.05, 4.69) is 5.32 Å². The molecule has 0 amide bonds. The Morgan fingerprint density at radius 1 is 1.50 bits per heavy atom. The summed E-state index contributed by atoms with van der Waals surface area (Å²) in [6.45, 7) is 0. The summed E-state index contributed by atoms with van der Waals surface area (Å²) in [7, 11) is 1.78. The van der Waals surface area contributed by atoms with Crippen LogP contribution in [0.2, 0.25) is 0 Å². The van der Waals surface area contributed by atoms with E-state index in [1.54, 1.807) is 23.7 Å². The summed E-state index contributed by atoms with van der Waals surface area (Å²) in [5, 5.41) is 3.29. The van der Waals surface area contributed by atoms with Gasteiger partial charge < -0.3 is 5.32 Å². The minimum absolute atomic E-state index is 0.0423. The molecule has 1 aromatic heterocycles. The molecule has 0 bridgehead atoms. The second-order valence-corrected chi connectivity index (χ2v) is 3.23. The average molecular weight is 164 g/mol. The maximum absolute atomic E-state index is 11.2. The lowest BCUT2D eigenvalue weighted by Crippen LogP contribution is -2.19. The molecular weight excluding hydrogens is 152 g/mol. The minimum atomic E-state index is 0.0423. The summed E-state index contributed by atoms with van der Waals surface area (Å²) in [6.07, 6.45) is 2.45. The fraction of sp³-hybridized carbons (Fsp3) is 0.444. The van der Waals surface area contributed by atoms with E-state index >= 15 is 0 Å². The van der Waals surface area contributed by atoms with Gasteiger partial charge in [0, 0.05) is 19.2 Å². The third-order valence-corrected chi connectivity index (χ3v) is 2.11. The van der Waals surface area contributed by atoms with Crippen LogP contribution in [0.4, 0.5) is 5.82 Å². The van der Waals surface area contributed by atoms with Crippen molar-refractivity contribution in [1.29, 1.82) is 0 Å². The second-order valence-electron chi connectivity index (χ2n) is 3.23. The first-order valence-electron chi connectivity index (χ1n) is 4.20. The lowest BCUT2D eigenvalue weighted by atomic mass is 10.4. The molecule has 1 aromatic rings. The van der Waals surface area contributed by atoms with E-state index in [1.165, 1.54) is 12.8 Å². The van der Waals surface area contributed by atoms with Crippen molar-refractivity contribution in [2.24, 2.45) is 7.05 Å². The zero-order chi connectivity index (χ0) is 8.55. The maximum atomic E-state index is 11.2. The van der Waals surface area contributed by atoms with Crippen LogP contribution in [0.25, 0.3) is 0 Å². The first-order chi connectivity index (χ1) is 5.77. The Morgan fingerprint density at radius 2 is 2.25 bits per heavy atom. The zero-order valence-corrected chi connectivity index (χ0v) is 7.08. The van der Waals surface area contributed by atoms with Crippen molar-refractivity contribution in [3.8, 4) is 0 Å². The van der Waals surface area contributed by atoms with Gasteiger partial charge in [-0.25, -0.2) is 0 Å². The van der Waals surface area contributed by atoms with Crippen LogP contribution in [-0.4, -0.2) is 10.6 Å². The lowest BCUT2D eigenvalue weighted by Gasteiger charge is -2.08. The molecule has 1 fully saturated rings. The standard InChI is InChI=1S/C9H12N2O/c1-11-8(10-7-5-6-7)3-2-4-9(11)12/h2-4,7,10H,5-6H2,1H3. The van der Waals surface area contributed by atoms with Crippen molar-refractivity contribution in [2.75, 3.05) is 5.32 Å². The van der Waals surface area contributed by atoms with Gasteiger partial charge in [0.25, 0.3) is 5.56 Å². The van der Waals surface area contributed by atoms with Crippen molar-refractivity contribution < 1.29 is 0 Å². The molecule has 0 radical (unpaired) electrons. The highest BCUT2D eigenvalue weighted by atomic mass is 16.1. The Balaban J connectivity index is 2.29. The number of pyridine rings is 1. The summed E-state index contributed by atoms with van der Waals surface area (Å²) in [4.78, 5) is 11.2. The predicted octanol–water partition coefficient (Wildman–Crippen LogP) is 0.960. The molecule has 3 heteroatoms. The monoisotopic (exact) mass is 164 g/mol. The summed E-state index contributed by atoms with van der Waals surface area (Å²) in [6, 6.07) is 5.88. The highest BCUT2D eigenvalue weighted by Crippen LogP contribution is 2.23. The van der Waals surface area contributed by atoms with Gasteiger partial charge in [0.05, 0.1) is 0 Å². The molecule has 2 rings (SSSR count). The van der Waals surface area contributed by atoms with Crippen LogP contribution in [-0.2, 0) is 7.05 Å². The van der Waals surface area contributed by atoms with Crippen LogP contribution in [0.5, 0.6) is 0 Å². The van der Waals surface area contributed by atoms with E-state index in [9.17, 15) is 4.79 Å². The molecule has 0 saturated heterocycles. The van der Waals surface area contributed by atoms with Crippen molar-refractivity contribution in [1.82, 2.24) is 4.57 Å². The van der Waals surface area contributed by atoms with Gasteiger partial charge in [-0.15, -0.1) is 0 Å². The van der Waals surface area contributed by atoms with E-state index in [0.717, 1.165) is 5.82 Å². The first-order valence-corrected chi connectivity index (χ1v) is 4.20. The van der Waals surface area contributed by atoms with Gasteiger partial charge in [-0.2, -0.15) is 0 Å². The molecular formula is C9H12N2O. The Labute approximate surface area is 71.0 Å². The van der Waals surface area contributed by atoms with E-state index in [4.69, 9.17) is 0 Å². The highest BCUT2D eigenvalue weighted by Gasteiger charge is 2.21. The van der Waals surface area contributed by atoms with Crippen LogP contribution in [0.15, 0.2) is 23.0 Å². The van der Waals surface area contributed by atoms with Gasteiger partial charge >= 0.3 is 0 Å². The van der Waals surface area contributed by atoms with Crippen molar-refractivity contribution in [3.05, 3.63) is 28.6 Å². The van der Waals surface area contributed by atoms with Crippen molar-refractivity contribution in [2.45, 2.75) is 18.9 Å². The third kappa shape index (κ3) is 1.35. The molecule has 0 unspecified atom stereocenters. The fourth-order valence-corrected chi connectivity index (χ4v) is 1.15. The molecule has 1 aliphatic rings. The molecule has 1 heterocycles. The van der Waals surface area contributed by atoms with Gasteiger partial charge in [0.15, 0.2) is 0 Å². The van der Waals surface area contributed by atoms with Crippen molar-refractivity contribution >= 4 is 5.82 Å². The van der Waals surface area contributed by atoms with Crippen LogP contribution < -0.4 is 10.9 Å². The molecule has 0 atom stereocenters. The second kappa shape index (κ2) is 2.66. The number of anilines is 1. The number of rotatable bonds is 2. The third-order valence-electron chi connectivity index (χ3n) is 2.11. The SMILES string of the molecule is Cn1c(NC2CC2)cccc1=O. The Bertz CT molecular complexity index is 339. The van der Waals surface area contributed by atoms with Gasteiger partial charge in [0.1, 0.15) is 5.82 Å². The summed E-state index contributed by atoms with van der Waals surface area (Å²) >= 11 is 0. The smallest absolute Gasteiger partial charge is 0.251 e. The molecule has 12 heavy (non-hydrogen) atoms. The van der Waals surface area contributed by atoms with Gasteiger partial charge in [-0.05, 0) is 18.9 Å². The average Bonchev–Trinajstić information content (AvgIpc) is 2.83. The quantitative estimate of drug-likeness (QED) is 0.706. The largest absolute Gasteiger partial charge is 0.369 e. The van der Waals surface area contributed by atoms with Gasteiger partial charge in [-0.1, -0.05) is 6.07 Å². The number of aromatic nitrogens is 1. The molecule has 0 aromatic carbocycles. The topological polar surface area (TPSA) is 34.0 Å². The number of nitrogens with zero attached hydrogens (tertiary/aromatic N) is 1. The minimum Gasteiger partial charge on any atom is -0.369 e. The van der Waals surface area contributed by atoms with Crippen molar-refractivity contribution in [3.63, 3.8) is 0 Å². The summed E-state index contributed by atoms with van der Waals surface area (Å²) < 4.78 is 1.64. The molecule has 1 saturated carbocycles. The Kier molecular flexibility index (Phi) is 1.64. The lowest BCUT2D eigenvalue weighted by molar-refractivity contribution is 0.854. The zero-order valence-electron chi connectivity index (χ0n) is 7.08. The fourth-order valence-electron chi connectivity index (χ4n) is 1.15. The van der Waals surface area contributed by atoms with E-state index in [-0.39, 0.29) is 5.56 Å². The molecule has 1 aliphatic carbocycles. The van der Waals surface area contributed by atoms with E-state index in [0.29, 0.717) is 6.04 Å².